The van der Waals surface area contributed by atoms with E-state index >= 15 is 0 Å². The standard InChI is InChI=1S/C11H17N3O2S/c1-3-14(4-2)10(15)8-17(16)11-9(12)6-5-7-13-11/h5-7H,3-4,8,12H2,1-2H3. The molecule has 0 saturated heterocycles. The summed E-state index contributed by atoms with van der Waals surface area (Å²) in [7, 11) is -1.48. The molecule has 0 aliphatic carbocycles. The molecule has 1 heterocycles. The third kappa shape index (κ3) is 3.52. The summed E-state index contributed by atoms with van der Waals surface area (Å²) in [6.07, 6.45) is 1.52. The minimum atomic E-state index is -1.48. The Hall–Kier alpha value is -1.43. The lowest BCUT2D eigenvalue weighted by molar-refractivity contribution is -0.128. The van der Waals surface area contributed by atoms with E-state index < -0.39 is 10.8 Å². The van der Waals surface area contributed by atoms with Crippen LogP contribution in [0.25, 0.3) is 0 Å². The van der Waals surface area contributed by atoms with Crippen LogP contribution in [0.1, 0.15) is 13.8 Å². The maximum atomic E-state index is 11.9. The van der Waals surface area contributed by atoms with E-state index in [1.165, 1.54) is 6.20 Å². The first-order valence-corrected chi connectivity index (χ1v) is 6.78. The SMILES string of the molecule is CCN(CC)C(=O)CS(=O)c1ncccc1N. The molecule has 1 unspecified atom stereocenters. The zero-order valence-corrected chi connectivity index (χ0v) is 10.9. The molecule has 1 atom stereocenters. The highest BCUT2D eigenvalue weighted by Gasteiger charge is 2.17. The Labute approximate surface area is 103 Å². The van der Waals surface area contributed by atoms with Crippen LogP contribution in [-0.2, 0) is 15.6 Å². The molecule has 6 heteroatoms. The summed E-state index contributed by atoms with van der Waals surface area (Å²) in [6, 6.07) is 3.30. The Kier molecular flexibility index (Phi) is 5.09. The van der Waals surface area contributed by atoms with E-state index in [0.29, 0.717) is 18.8 Å². The van der Waals surface area contributed by atoms with Crippen molar-refractivity contribution in [3.63, 3.8) is 0 Å². The van der Waals surface area contributed by atoms with Crippen LogP contribution in [-0.4, -0.2) is 38.8 Å². The van der Waals surface area contributed by atoms with Gasteiger partial charge in [0.25, 0.3) is 0 Å². The van der Waals surface area contributed by atoms with Gasteiger partial charge in [-0.25, -0.2) is 4.98 Å². The second kappa shape index (κ2) is 6.34. The zero-order valence-electron chi connectivity index (χ0n) is 10.0. The number of anilines is 1. The monoisotopic (exact) mass is 255 g/mol. The number of rotatable bonds is 5. The number of pyridine rings is 1. The molecule has 1 aromatic rings. The fourth-order valence-corrected chi connectivity index (χ4v) is 2.49. The number of nitrogens with zero attached hydrogens (tertiary/aromatic N) is 2. The van der Waals surface area contributed by atoms with E-state index in [2.05, 4.69) is 4.98 Å². The molecular weight excluding hydrogens is 238 g/mol. The lowest BCUT2D eigenvalue weighted by Gasteiger charge is -2.18. The minimum absolute atomic E-state index is 0.0666. The highest BCUT2D eigenvalue weighted by atomic mass is 32.2. The number of hydrogen-bond donors (Lipinski definition) is 1. The molecule has 1 amide bonds. The molecular formula is C11H17N3O2S. The van der Waals surface area contributed by atoms with Gasteiger partial charge >= 0.3 is 0 Å². The van der Waals surface area contributed by atoms with Crippen molar-refractivity contribution in [2.45, 2.75) is 18.9 Å². The first-order chi connectivity index (χ1) is 8.10. The average molecular weight is 255 g/mol. The Morgan fingerprint density at radius 1 is 1.47 bits per heavy atom. The first-order valence-electron chi connectivity index (χ1n) is 5.46. The third-order valence-corrected chi connectivity index (χ3v) is 3.67. The van der Waals surface area contributed by atoms with Crippen molar-refractivity contribution in [1.29, 1.82) is 0 Å². The van der Waals surface area contributed by atoms with Crippen molar-refractivity contribution in [3.8, 4) is 0 Å². The van der Waals surface area contributed by atoms with Crippen LogP contribution < -0.4 is 5.73 Å². The van der Waals surface area contributed by atoms with Gasteiger partial charge in [0.2, 0.25) is 5.91 Å². The van der Waals surface area contributed by atoms with Gasteiger partial charge in [-0.3, -0.25) is 9.00 Å². The van der Waals surface area contributed by atoms with Crippen molar-refractivity contribution < 1.29 is 9.00 Å². The van der Waals surface area contributed by atoms with E-state index in [1.54, 1.807) is 17.0 Å². The summed E-state index contributed by atoms with van der Waals surface area (Å²) in [5.74, 6) is -0.207. The number of amides is 1. The molecule has 0 aliphatic heterocycles. The molecule has 1 aromatic heterocycles. The predicted molar refractivity (Wildman–Crippen MR) is 67.9 cm³/mol. The van der Waals surface area contributed by atoms with Gasteiger partial charge in [-0.15, -0.1) is 0 Å². The maximum absolute atomic E-state index is 11.9. The number of nitrogen functional groups attached to an aromatic ring is 1. The van der Waals surface area contributed by atoms with Gasteiger partial charge < -0.3 is 10.6 Å². The molecule has 0 fully saturated rings. The van der Waals surface area contributed by atoms with E-state index in [0.717, 1.165) is 0 Å². The van der Waals surface area contributed by atoms with Gasteiger partial charge in [0.05, 0.1) is 16.5 Å². The molecule has 0 aromatic carbocycles. The fourth-order valence-electron chi connectivity index (χ4n) is 1.44. The predicted octanol–water partition coefficient (Wildman–Crippen LogP) is 0.640. The summed E-state index contributed by atoms with van der Waals surface area (Å²) in [4.78, 5) is 17.3. The van der Waals surface area contributed by atoms with Crippen molar-refractivity contribution in [3.05, 3.63) is 18.3 Å². The lowest BCUT2D eigenvalue weighted by atomic mass is 10.4. The number of aromatic nitrogens is 1. The van der Waals surface area contributed by atoms with E-state index in [9.17, 15) is 9.00 Å². The number of carbonyl (C=O) groups excluding carboxylic acids is 1. The largest absolute Gasteiger partial charge is 0.396 e. The molecule has 2 N–H and O–H groups in total. The van der Waals surface area contributed by atoms with Gasteiger partial charge in [-0.1, -0.05) is 0 Å². The van der Waals surface area contributed by atoms with Gasteiger partial charge in [0.1, 0.15) is 5.75 Å². The second-order valence-corrected chi connectivity index (χ2v) is 4.82. The Bertz CT molecular complexity index is 419. The Morgan fingerprint density at radius 3 is 2.65 bits per heavy atom. The summed E-state index contributed by atoms with van der Waals surface area (Å²) in [6.45, 7) is 5.01. The zero-order chi connectivity index (χ0) is 12.8. The van der Waals surface area contributed by atoms with Gasteiger partial charge in [-0.2, -0.15) is 0 Å². The smallest absolute Gasteiger partial charge is 0.235 e. The highest BCUT2D eigenvalue weighted by molar-refractivity contribution is 7.85. The molecule has 0 saturated carbocycles. The fraction of sp³-hybridized carbons (Fsp3) is 0.455. The average Bonchev–Trinajstić information content (AvgIpc) is 2.31. The van der Waals surface area contributed by atoms with Crippen LogP contribution in [0.4, 0.5) is 5.69 Å². The van der Waals surface area contributed by atoms with Crippen molar-refractivity contribution in [2.24, 2.45) is 0 Å². The minimum Gasteiger partial charge on any atom is -0.396 e. The van der Waals surface area contributed by atoms with Crippen molar-refractivity contribution in [2.75, 3.05) is 24.6 Å². The molecule has 1 rings (SSSR count). The number of hydrogen-bond acceptors (Lipinski definition) is 4. The van der Waals surface area contributed by atoms with Crippen molar-refractivity contribution in [1.82, 2.24) is 9.88 Å². The van der Waals surface area contributed by atoms with Crippen molar-refractivity contribution >= 4 is 22.4 Å². The molecule has 0 spiro atoms. The summed E-state index contributed by atoms with van der Waals surface area (Å²) in [5.41, 5.74) is 6.02. The highest BCUT2D eigenvalue weighted by Crippen LogP contribution is 2.12. The van der Waals surface area contributed by atoms with Crippen LogP contribution in [0.2, 0.25) is 0 Å². The van der Waals surface area contributed by atoms with E-state index in [4.69, 9.17) is 5.73 Å². The molecule has 0 radical (unpaired) electrons. The van der Waals surface area contributed by atoms with Gasteiger partial charge in [0, 0.05) is 19.3 Å². The van der Waals surface area contributed by atoms with Crippen LogP contribution in [0.15, 0.2) is 23.4 Å². The molecule has 17 heavy (non-hydrogen) atoms. The quantitative estimate of drug-likeness (QED) is 0.837. The first kappa shape index (κ1) is 13.6. The lowest BCUT2D eigenvalue weighted by Crippen LogP contribution is -2.34. The van der Waals surface area contributed by atoms with Gasteiger partial charge in [0.15, 0.2) is 5.03 Å². The molecule has 5 nitrogen and oxygen atoms in total. The Balaban J connectivity index is 2.73. The van der Waals surface area contributed by atoms with Crippen LogP contribution in [0.5, 0.6) is 0 Å². The Morgan fingerprint density at radius 2 is 2.12 bits per heavy atom. The summed E-state index contributed by atoms with van der Waals surface area (Å²) in [5, 5.41) is 0.285. The molecule has 0 aliphatic rings. The van der Waals surface area contributed by atoms with Crippen LogP contribution in [0.3, 0.4) is 0 Å². The van der Waals surface area contributed by atoms with Crippen LogP contribution >= 0.6 is 0 Å². The molecule has 94 valence electrons. The second-order valence-electron chi connectivity index (χ2n) is 3.45. The van der Waals surface area contributed by atoms with E-state index in [1.807, 2.05) is 13.8 Å². The summed E-state index contributed by atoms with van der Waals surface area (Å²) >= 11 is 0. The third-order valence-electron chi connectivity index (χ3n) is 2.39. The number of nitrogens with two attached hydrogens (primary N) is 1. The molecule has 0 bridgehead atoms. The van der Waals surface area contributed by atoms with E-state index in [-0.39, 0.29) is 16.7 Å². The topological polar surface area (TPSA) is 76.3 Å². The normalized spacial score (nSPS) is 12.1. The maximum Gasteiger partial charge on any atom is 0.235 e. The number of carbonyl (C=O) groups is 1. The van der Waals surface area contributed by atoms with Gasteiger partial charge in [-0.05, 0) is 26.0 Å². The summed E-state index contributed by atoms with van der Waals surface area (Å²) < 4.78 is 11.9. The van der Waals surface area contributed by atoms with Crippen LogP contribution in [0, 0.1) is 0 Å².